The fourth-order valence-corrected chi connectivity index (χ4v) is 6.15. The molecule has 0 bridgehead atoms. The van der Waals surface area contributed by atoms with Crippen LogP contribution in [0.3, 0.4) is 0 Å². The molecule has 1 saturated heterocycles. The molecule has 1 aliphatic carbocycles. The lowest BCUT2D eigenvalue weighted by Gasteiger charge is -2.46. The molecule has 1 aromatic carbocycles. The molecule has 1 N–H and O–H groups in total. The van der Waals surface area contributed by atoms with Crippen LogP contribution in [0.4, 0.5) is 0 Å². The first kappa shape index (κ1) is 24.6. The highest BCUT2D eigenvalue weighted by molar-refractivity contribution is 6.01. The van der Waals surface area contributed by atoms with E-state index in [1.54, 1.807) is 4.90 Å². The van der Waals surface area contributed by atoms with Crippen molar-refractivity contribution in [3.05, 3.63) is 34.4 Å². The summed E-state index contributed by atoms with van der Waals surface area (Å²) in [5, 5.41) is 11.7. The average molecular weight is 470 g/mol. The molecule has 0 saturated carbocycles. The predicted octanol–water partition coefficient (Wildman–Crippen LogP) is 5.51. The molecule has 0 radical (unpaired) electrons. The second kappa shape index (κ2) is 9.63. The summed E-state index contributed by atoms with van der Waals surface area (Å²) in [7, 11) is 1.35. The third-order valence-electron chi connectivity index (χ3n) is 7.98. The lowest BCUT2D eigenvalue weighted by molar-refractivity contribution is -0.145. The van der Waals surface area contributed by atoms with E-state index < -0.39 is 12.0 Å². The number of unbranched alkanes of at least 4 members (excludes halogenated alkanes) is 2. The van der Waals surface area contributed by atoms with E-state index in [4.69, 9.17) is 9.47 Å². The van der Waals surface area contributed by atoms with Gasteiger partial charge in [-0.15, -0.1) is 0 Å². The first-order chi connectivity index (χ1) is 16.2. The molecule has 2 unspecified atom stereocenters. The molecule has 3 aliphatic rings. The SMILES string of the molecule is CCCCCc1cc2c(c(O)c1C(=O)N1CCC[C@@H]1C(=O)OC)C1C=C(C)CCC1C(C)(C)O2. The maximum atomic E-state index is 13.9. The Bertz CT molecular complexity index is 995. The largest absolute Gasteiger partial charge is 0.507 e. The zero-order chi connectivity index (χ0) is 24.6. The van der Waals surface area contributed by atoms with Crippen LogP contribution < -0.4 is 4.74 Å². The molecule has 6 nitrogen and oxygen atoms in total. The van der Waals surface area contributed by atoms with E-state index in [2.05, 4.69) is 33.8 Å². The second-order valence-electron chi connectivity index (χ2n) is 10.7. The van der Waals surface area contributed by atoms with E-state index in [9.17, 15) is 14.7 Å². The molecule has 2 aliphatic heterocycles. The summed E-state index contributed by atoms with van der Waals surface area (Å²) in [6, 6.07) is 1.38. The van der Waals surface area contributed by atoms with E-state index in [1.165, 1.54) is 12.7 Å². The summed E-state index contributed by atoms with van der Waals surface area (Å²) in [6.45, 7) is 9.01. The van der Waals surface area contributed by atoms with Crippen molar-refractivity contribution in [1.82, 2.24) is 4.90 Å². The molecular weight excluding hydrogens is 430 g/mol. The molecule has 34 heavy (non-hydrogen) atoms. The highest BCUT2D eigenvalue weighted by Gasteiger charge is 2.47. The number of benzene rings is 1. The van der Waals surface area contributed by atoms with Gasteiger partial charge >= 0.3 is 5.97 Å². The van der Waals surface area contributed by atoms with Crippen molar-refractivity contribution < 1.29 is 24.2 Å². The van der Waals surface area contributed by atoms with E-state index >= 15 is 0 Å². The Morgan fingerprint density at radius 1 is 1.26 bits per heavy atom. The third-order valence-corrected chi connectivity index (χ3v) is 7.98. The van der Waals surface area contributed by atoms with Crippen molar-refractivity contribution in [2.24, 2.45) is 5.92 Å². The zero-order valence-corrected chi connectivity index (χ0v) is 21.3. The highest BCUT2D eigenvalue weighted by Crippen LogP contribution is 2.54. The van der Waals surface area contributed by atoms with Crippen molar-refractivity contribution in [1.29, 1.82) is 0 Å². The van der Waals surface area contributed by atoms with Crippen molar-refractivity contribution >= 4 is 11.9 Å². The van der Waals surface area contributed by atoms with Gasteiger partial charge in [0.05, 0.1) is 12.7 Å². The number of carbonyl (C=O) groups excluding carboxylic acids is 2. The fraction of sp³-hybridized carbons (Fsp3) is 0.643. The predicted molar refractivity (Wildman–Crippen MR) is 131 cm³/mol. The van der Waals surface area contributed by atoms with Gasteiger partial charge in [-0.05, 0) is 70.9 Å². The molecule has 0 spiro atoms. The Labute approximate surface area is 203 Å². The Hall–Kier alpha value is -2.50. The summed E-state index contributed by atoms with van der Waals surface area (Å²) in [5.74, 6) is 0.255. The molecule has 1 fully saturated rings. The Balaban J connectivity index is 1.84. The number of carbonyl (C=O) groups is 2. The van der Waals surface area contributed by atoms with Gasteiger partial charge in [-0.25, -0.2) is 4.79 Å². The van der Waals surface area contributed by atoms with Gasteiger partial charge in [0, 0.05) is 23.9 Å². The van der Waals surface area contributed by atoms with Gasteiger partial charge in [-0.2, -0.15) is 0 Å². The quantitative estimate of drug-likeness (QED) is 0.338. The van der Waals surface area contributed by atoms with Crippen molar-refractivity contribution in [3.8, 4) is 11.5 Å². The van der Waals surface area contributed by atoms with Gasteiger partial charge in [-0.3, -0.25) is 4.79 Å². The number of phenols is 1. The van der Waals surface area contributed by atoms with E-state index in [0.29, 0.717) is 30.7 Å². The molecular formula is C28H39NO5. The molecule has 2 heterocycles. The van der Waals surface area contributed by atoms with Gasteiger partial charge in [0.25, 0.3) is 5.91 Å². The van der Waals surface area contributed by atoms with Crippen molar-refractivity contribution in [2.75, 3.05) is 13.7 Å². The number of aryl methyl sites for hydroxylation is 1. The number of aromatic hydroxyl groups is 1. The van der Waals surface area contributed by atoms with Crippen LogP contribution in [0.2, 0.25) is 0 Å². The minimum atomic E-state index is -0.601. The fourth-order valence-electron chi connectivity index (χ4n) is 6.15. The minimum Gasteiger partial charge on any atom is -0.507 e. The molecule has 0 aromatic heterocycles. The first-order valence-corrected chi connectivity index (χ1v) is 12.8. The number of phenolic OH excluding ortho intramolecular Hbond substituents is 1. The Morgan fingerprint density at radius 2 is 2.03 bits per heavy atom. The van der Waals surface area contributed by atoms with Gasteiger partial charge in [0.2, 0.25) is 0 Å². The van der Waals surface area contributed by atoms with Crippen LogP contribution >= 0.6 is 0 Å². The Morgan fingerprint density at radius 3 is 2.74 bits per heavy atom. The zero-order valence-electron chi connectivity index (χ0n) is 21.3. The number of nitrogens with zero attached hydrogens (tertiary/aromatic N) is 1. The summed E-state index contributed by atoms with van der Waals surface area (Å²) >= 11 is 0. The van der Waals surface area contributed by atoms with Crippen molar-refractivity contribution in [2.45, 2.75) is 96.6 Å². The van der Waals surface area contributed by atoms with Gasteiger partial charge < -0.3 is 19.5 Å². The summed E-state index contributed by atoms with van der Waals surface area (Å²) in [5.41, 5.74) is 2.80. The topological polar surface area (TPSA) is 76.1 Å². The number of likely N-dealkylation sites (tertiary alicyclic amines) is 1. The number of allylic oxidation sites excluding steroid dienone is 2. The smallest absolute Gasteiger partial charge is 0.328 e. The number of esters is 1. The van der Waals surface area contributed by atoms with Crippen LogP contribution in [-0.4, -0.2) is 47.2 Å². The summed E-state index contributed by atoms with van der Waals surface area (Å²) in [4.78, 5) is 27.8. The number of hydrogen-bond donors (Lipinski definition) is 1. The maximum Gasteiger partial charge on any atom is 0.328 e. The van der Waals surface area contributed by atoms with Gasteiger partial charge in [-0.1, -0.05) is 31.4 Å². The lowest BCUT2D eigenvalue weighted by Crippen LogP contribution is -2.45. The van der Waals surface area contributed by atoms with E-state index in [1.807, 2.05) is 6.07 Å². The van der Waals surface area contributed by atoms with E-state index in [-0.39, 0.29) is 29.1 Å². The van der Waals surface area contributed by atoms with Crippen LogP contribution in [0.15, 0.2) is 17.7 Å². The van der Waals surface area contributed by atoms with Crippen LogP contribution in [0.1, 0.15) is 100 Å². The molecule has 3 atom stereocenters. The third kappa shape index (κ3) is 4.32. The number of hydrogen-bond acceptors (Lipinski definition) is 5. The molecule has 1 aromatic rings. The molecule has 4 rings (SSSR count). The molecule has 1 amide bonds. The van der Waals surface area contributed by atoms with Crippen LogP contribution in [-0.2, 0) is 16.0 Å². The van der Waals surface area contributed by atoms with E-state index in [0.717, 1.165) is 49.7 Å². The number of rotatable bonds is 6. The monoisotopic (exact) mass is 469 g/mol. The Kier molecular flexibility index (Phi) is 6.97. The minimum absolute atomic E-state index is 0.00118. The second-order valence-corrected chi connectivity index (χ2v) is 10.7. The lowest BCUT2D eigenvalue weighted by atomic mass is 9.67. The van der Waals surface area contributed by atoms with Gasteiger partial charge in [0.15, 0.2) is 0 Å². The van der Waals surface area contributed by atoms with Crippen LogP contribution in [0.5, 0.6) is 11.5 Å². The molecule has 186 valence electrons. The normalized spacial score (nSPS) is 25.1. The number of ether oxygens (including phenoxy) is 2. The number of amides is 1. The average Bonchev–Trinajstić information content (AvgIpc) is 3.27. The van der Waals surface area contributed by atoms with Gasteiger partial charge in [0.1, 0.15) is 23.1 Å². The standard InChI is InChI=1S/C28H39NO5/c1-6-7-8-10-18-16-22-24(19-15-17(2)12-13-20(19)28(3,4)34-22)25(30)23(18)26(31)29-14-9-11-21(29)27(32)33-5/h15-16,19-21,30H,6-14H2,1-5H3/t19?,20?,21-/m1/s1. The maximum absolute atomic E-state index is 13.9. The number of methoxy groups -OCH3 is 1. The van der Waals surface area contributed by atoms with Crippen LogP contribution in [0.25, 0.3) is 0 Å². The molecule has 6 heteroatoms. The van der Waals surface area contributed by atoms with Crippen LogP contribution in [0, 0.1) is 5.92 Å². The van der Waals surface area contributed by atoms with Crippen molar-refractivity contribution in [3.63, 3.8) is 0 Å². The highest BCUT2D eigenvalue weighted by atomic mass is 16.5. The summed E-state index contributed by atoms with van der Waals surface area (Å²) < 4.78 is 11.5. The first-order valence-electron chi connectivity index (χ1n) is 12.8. The summed E-state index contributed by atoms with van der Waals surface area (Å²) in [6.07, 6.45) is 9.27. The number of fused-ring (bicyclic) bond motifs is 3.